The number of H-pyrrole nitrogens is 2. The minimum Gasteiger partial charge on any atom is -0.453 e. The van der Waals surface area contributed by atoms with Crippen LogP contribution in [0.4, 0.5) is 14.0 Å². The number of benzene rings is 3. The highest BCUT2D eigenvalue weighted by molar-refractivity contribution is 5.88. The average Bonchev–Trinajstić information content (AvgIpc) is 4.14. The van der Waals surface area contributed by atoms with E-state index in [1.807, 2.05) is 32.0 Å². The van der Waals surface area contributed by atoms with Crippen LogP contribution in [0.5, 0.6) is 0 Å². The highest BCUT2D eigenvalue weighted by Crippen LogP contribution is 2.36. The van der Waals surface area contributed by atoms with Gasteiger partial charge in [-0.25, -0.2) is 23.9 Å². The number of carbonyl (C=O) groups is 4. The van der Waals surface area contributed by atoms with Gasteiger partial charge >= 0.3 is 12.2 Å². The van der Waals surface area contributed by atoms with E-state index >= 15 is 4.39 Å². The van der Waals surface area contributed by atoms with Crippen molar-refractivity contribution in [3.8, 4) is 46.1 Å². The summed E-state index contributed by atoms with van der Waals surface area (Å²) < 4.78 is 24.9. The summed E-state index contributed by atoms with van der Waals surface area (Å²) in [6.45, 7) is 4.75. The first-order valence-corrected chi connectivity index (χ1v) is 20.4. The van der Waals surface area contributed by atoms with Crippen LogP contribution in [0.2, 0.25) is 0 Å². The molecule has 0 saturated carbocycles. The van der Waals surface area contributed by atoms with E-state index in [2.05, 4.69) is 54.3 Å². The van der Waals surface area contributed by atoms with Crippen molar-refractivity contribution in [2.75, 3.05) is 27.3 Å². The van der Waals surface area contributed by atoms with Crippen LogP contribution in [0.25, 0.3) is 22.4 Å². The first-order valence-electron chi connectivity index (χ1n) is 20.4. The Balaban J connectivity index is 1.10. The number of nitrogens with zero attached hydrogens (tertiary/aromatic N) is 4. The SMILES string of the molecule is COC(=O)N[C@H](C(=O)N1CCC[C@H]1c1ncc(-c2ccc(C#CC#Cc3cnc([C@@H]4CCCN4C(=O)[C@H](NC(=O)OC)c4ccccc4)[nH]3)c(-c3ccccc3F)c2)[nH]1)C(C)C. The Labute approximate surface area is 359 Å². The maximum absolute atomic E-state index is 15.3. The lowest BCUT2D eigenvalue weighted by molar-refractivity contribution is -0.135. The summed E-state index contributed by atoms with van der Waals surface area (Å²) in [4.78, 5) is 71.0. The topological polar surface area (TPSA) is 175 Å². The Kier molecular flexibility index (Phi) is 13.3. The van der Waals surface area contributed by atoms with Gasteiger partial charge in [-0.15, -0.1) is 0 Å². The molecule has 14 nitrogen and oxygen atoms in total. The zero-order valence-corrected chi connectivity index (χ0v) is 34.8. The van der Waals surface area contributed by atoms with Crippen molar-refractivity contribution in [3.05, 3.63) is 119 Å². The molecule has 5 aromatic rings. The van der Waals surface area contributed by atoms with Gasteiger partial charge in [0.05, 0.1) is 44.4 Å². The lowest BCUT2D eigenvalue weighted by Gasteiger charge is -2.30. The summed E-state index contributed by atoms with van der Waals surface area (Å²) in [6.07, 6.45) is 4.81. The molecular weight excluding hydrogens is 792 g/mol. The number of methoxy groups -OCH3 is 2. The number of likely N-dealkylation sites (tertiary alicyclic amines) is 2. The van der Waals surface area contributed by atoms with Crippen LogP contribution in [-0.4, -0.2) is 87.1 Å². The smallest absolute Gasteiger partial charge is 0.407 e. The Hall–Kier alpha value is -7.39. The van der Waals surface area contributed by atoms with Gasteiger partial charge in [-0.1, -0.05) is 74.4 Å². The number of aromatic nitrogens is 4. The van der Waals surface area contributed by atoms with E-state index in [-0.39, 0.29) is 29.8 Å². The number of hydrogen-bond donors (Lipinski definition) is 4. The monoisotopic (exact) mass is 838 g/mol. The molecule has 15 heteroatoms. The fourth-order valence-corrected chi connectivity index (χ4v) is 7.93. The van der Waals surface area contributed by atoms with Gasteiger partial charge in [0, 0.05) is 35.3 Å². The first-order chi connectivity index (χ1) is 30.1. The molecule has 2 aliphatic rings. The number of ether oxygens (including phenoxy) is 2. The number of halogens is 1. The number of nitrogens with one attached hydrogen (secondary N) is 4. The van der Waals surface area contributed by atoms with Crippen LogP contribution >= 0.6 is 0 Å². The van der Waals surface area contributed by atoms with Gasteiger partial charge in [0.1, 0.15) is 35.2 Å². The maximum Gasteiger partial charge on any atom is 0.407 e. The van der Waals surface area contributed by atoms with Gasteiger partial charge in [-0.05, 0) is 73.1 Å². The third-order valence-electron chi connectivity index (χ3n) is 11.1. The van der Waals surface area contributed by atoms with Crippen LogP contribution < -0.4 is 10.6 Å². The molecule has 4 heterocycles. The lowest BCUT2D eigenvalue weighted by Crippen LogP contribution is -2.51. The summed E-state index contributed by atoms with van der Waals surface area (Å²) >= 11 is 0. The van der Waals surface area contributed by atoms with E-state index in [4.69, 9.17) is 9.47 Å². The number of aromatic amines is 2. The van der Waals surface area contributed by atoms with Crippen molar-refractivity contribution in [1.29, 1.82) is 0 Å². The molecule has 4 atom stereocenters. The van der Waals surface area contributed by atoms with Crippen LogP contribution in [0.3, 0.4) is 0 Å². The summed E-state index contributed by atoms with van der Waals surface area (Å²) in [5.41, 5.74) is 4.03. The van der Waals surface area contributed by atoms with E-state index < -0.39 is 30.1 Å². The molecular formula is C47H47FN8O6. The number of alkyl carbamates (subject to hydrolysis) is 2. The van der Waals surface area contributed by atoms with E-state index in [9.17, 15) is 19.2 Å². The predicted molar refractivity (Wildman–Crippen MR) is 228 cm³/mol. The summed E-state index contributed by atoms with van der Waals surface area (Å²) in [5.74, 6) is 12.0. The van der Waals surface area contributed by atoms with Crippen molar-refractivity contribution in [2.24, 2.45) is 5.92 Å². The van der Waals surface area contributed by atoms with Crippen LogP contribution in [-0.2, 0) is 19.1 Å². The number of hydrogen-bond acceptors (Lipinski definition) is 8. The van der Waals surface area contributed by atoms with Gasteiger partial charge in [0.25, 0.3) is 5.91 Å². The van der Waals surface area contributed by atoms with E-state index in [0.29, 0.717) is 71.2 Å². The third-order valence-corrected chi connectivity index (χ3v) is 11.1. The molecule has 0 bridgehead atoms. The Morgan fingerprint density at radius 1 is 0.758 bits per heavy atom. The molecule has 62 heavy (non-hydrogen) atoms. The van der Waals surface area contributed by atoms with Gasteiger partial charge < -0.3 is 39.9 Å². The largest absolute Gasteiger partial charge is 0.453 e. The molecule has 4 N–H and O–H groups in total. The number of carbonyl (C=O) groups excluding carboxylic acids is 4. The first kappa shape index (κ1) is 42.7. The Morgan fingerprint density at radius 2 is 1.39 bits per heavy atom. The van der Waals surface area contributed by atoms with Gasteiger partial charge in [0.2, 0.25) is 5.91 Å². The van der Waals surface area contributed by atoms with Crippen LogP contribution in [0.1, 0.15) is 86.1 Å². The standard InChI is InChI=1S/C47H47FN8O6/c1-29(2)40(53-46(59)61-3)44(57)55-24-13-21-39(55)43-50-28-37(52-43)32-23-22-30(35(26-32)34-18-10-11-19-36(34)48)14-8-9-17-33-27-49-42(51-33)38-20-12-25-56(38)45(58)41(54-47(60)62-4)31-15-6-5-7-16-31/h5-7,10-11,15-16,18-19,22-23,26-29,38-41H,12-13,20-21,24-25H2,1-4H3,(H,49,51)(H,50,52)(H,53,59)(H,54,60)/t38-,39-,40-,41+/m0/s1. The molecule has 0 radical (unpaired) electrons. The highest BCUT2D eigenvalue weighted by atomic mass is 19.1. The van der Waals surface area contributed by atoms with Crippen molar-refractivity contribution < 1.29 is 33.0 Å². The molecule has 2 fully saturated rings. The molecule has 2 aromatic heterocycles. The lowest BCUT2D eigenvalue weighted by atomic mass is 9.96. The van der Waals surface area contributed by atoms with Gasteiger partial charge in [-0.3, -0.25) is 9.59 Å². The quantitative estimate of drug-likeness (QED) is 0.111. The number of rotatable bonds is 10. The van der Waals surface area contributed by atoms with Crippen molar-refractivity contribution in [3.63, 3.8) is 0 Å². The number of imidazole rings is 2. The summed E-state index contributed by atoms with van der Waals surface area (Å²) in [5, 5.41) is 5.34. The second kappa shape index (κ2) is 19.3. The molecule has 0 aliphatic carbocycles. The Morgan fingerprint density at radius 3 is 2.08 bits per heavy atom. The van der Waals surface area contributed by atoms with Crippen LogP contribution in [0, 0.1) is 35.4 Å². The predicted octanol–water partition coefficient (Wildman–Crippen LogP) is 6.81. The third kappa shape index (κ3) is 9.48. The molecule has 318 valence electrons. The number of amides is 4. The maximum atomic E-state index is 15.3. The minimum atomic E-state index is -0.934. The molecule has 2 saturated heterocycles. The summed E-state index contributed by atoms with van der Waals surface area (Å²) in [7, 11) is 2.51. The fourth-order valence-electron chi connectivity index (χ4n) is 7.93. The highest BCUT2D eigenvalue weighted by Gasteiger charge is 2.38. The van der Waals surface area contributed by atoms with Gasteiger partial charge in [-0.2, -0.15) is 0 Å². The van der Waals surface area contributed by atoms with E-state index in [1.54, 1.807) is 70.7 Å². The second-order valence-corrected chi connectivity index (χ2v) is 15.3. The second-order valence-electron chi connectivity index (χ2n) is 15.3. The molecule has 0 spiro atoms. The van der Waals surface area contributed by atoms with Crippen LogP contribution in [0.15, 0.2) is 85.2 Å². The zero-order valence-electron chi connectivity index (χ0n) is 34.8. The minimum absolute atomic E-state index is 0.163. The average molecular weight is 839 g/mol. The molecule has 4 amide bonds. The molecule has 7 rings (SSSR count). The van der Waals surface area contributed by atoms with Gasteiger partial charge in [0.15, 0.2) is 0 Å². The molecule has 0 unspecified atom stereocenters. The van der Waals surface area contributed by atoms with E-state index in [0.717, 1.165) is 18.4 Å². The Bertz CT molecular complexity index is 2570. The van der Waals surface area contributed by atoms with Crippen molar-refractivity contribution >= 4 is 24.0 Å². The normalized spacial score (nSPS) is 16.7. The summed E-state index contributed by atoms with van der Waals surface area (Å²) in [6, 6.07) is 18.6. The van der Waals surface area contributed by atoms with Crippen molar-refractivity contribution in [2.45, 2.75) is 63.7 Å². The van der Waals surface area contributed by atoms with E-state index in [1.165, 1.54) is 20.3 Å². The van der Waals surface area contributed by atoms with Crippen molar-refractivity contribution in [1.82, 2.24) is 40.4 Å². The molecule has 3 aromatic carbocycles. The molecule has 2 aliphatic heterocycles. The fraction of sp³-hybridized carbons (Fsp3) is 0.319. The zero-order chi connectivity index (χ0) is 43.8.